The highest BCUT2D eigenvalue weighted by Gasteiger charge is 2.28. The second-order valence-electron chi connectivity index (χ2n) is 9.09. The van der Waals surface area contributed by atoms with E-state index in [0.29, 0.717) is 0 Å². The summed E-state index contributed by atoms with van der Waals surface area (Å²) in [6, 6.07) is 0. The first kappa shape index (κ1) is 24.0. The van der Waals surface area contributed by atoms with Crippen LogP contribution in [0, 0.1) is 35.5 Å². The molecular weight excluding hydrogens is 288 g/mol. The molecule has 0 heteroatoms. The van der Waals surface area contributed by atoms with Gasteiger partial charge in [-0.15, -0.1) is 0 Å². The topological polar surface area (TPSA) is 0 Å². The molecule has 6 unspecified atom stereocenters. The van der Waals surface area contributed by atoms with Gasteiger partial charge in [-0.3, -0.25) is 0 Å². The van der Waals surface area contributed by atoms with E-state index in [-0.39, 0.29) is 0 Å². The summed E-state index contributed by atoms with van der Waals surface area (Å²) in [6.45, 7) is 19.6. The molecule has 0 aliphatic rings. The maximum atomic E-state index is 2.52. The largest absolute Gasteiger partial charge is 0.0654 e. The van der Waals surface area contributed by atoms with E-state index in [2.05, 4.69) is 55.4 Å². The van der Waals surface area contributed by atoms with Crippen LogP contribution in [0.3, 0.4) is 0 Å². The molecule has 0 aromatic heterocycles. The van der Waals surface area contributed by atoms with E-state index < -0.39 is 0 Å². The third-order valence-electron chi connectivity index (χ3n) is 7.29. The van der Waals surface area contributed by atoms with Gasteiger partial charge in [0.2, 0.25) is 0 Å². The highest BCUT2D eigenvalue weighted by Crippen LogP contribution is 2.36. The Hall–Kier alpha value is 0. The minimum Gasteiger partial charge on any atom is -0.0654 e. The lowest BCUT2D eigenvalue weighted by Gasteiger charge is -2.36. The predicted octanol–water partition coefficient (Wildman–Crippen LogP) is 8.74. The third-order valence-corrected chi connectivity index (χ3v) is 7.29. The molecular formula is C24H50. The molecule has 0 aliphatic heterocycles. The Morgan fingerprint density at radius 2 is 0.833 bits per heavy atom. The smallest absolute Gasteiger partial charge is 0.0386 e. The van der Waals surface area contributed by atoms with E-state index in [1.807, 2.05) is 0 Å². The second kappa shape index (κ2) is 14.2. The predicted molar refractivity (Wildman–Crippen MR) is 113 cm³/mol. The summed E-state index contributed by atoms with van der Waals surface area (Å²) in [5.41, 5.74) is 0. The van der Waals surface area contributed by atoms with E-state index in [0.717, 1.165) is 35.5 Å². The van der Waals surface area contributed by atoms with Crippen molar-refractivity contribution in [1.29, 1.82) is 0 Å². The minimum absolute atomic E-state index is 0.845. The van der Waals surface area contributed by atoms with Crippen molar-refractivity contribution in [3.05, 3.63) is 0 Å². The van der Waals surface area contributed by atoms with Crippen LogP contribution < -0.4 is 0 Å². The Labute approximate surface area is 155 Å². The molecule has 146 valence electrons. The fraction of sp³-hybridized carbons (Fsp3) is 1.00. The van der Waals surface area contributed by atoms with E-state index >= 15 is 0 Å². The molecule has 0 saturated carbocycles. The summed E-state index contributed by atoms with van der Waals surface area (Å²) >= 11 is 0. The van der Waals surface area contributed by atoms with Crippen molar-refractivity contribution < 1.29 is 0 Å². The Kier molecular flexibility index (Phi) is 14.2. The first-order valence-electron chi connectivity index (χ1n) is 11.4. The van der Waals surface area contributed by atoms with Crippen LogP contribution in [0.1, 0.15) is 120 Å². The van der Waals surface area contributed by atoms with Gasteiger partial charge in [-0.05, 0) is 35.5 Å². The number of hydrogen-bond acceptors (Lipinski definition) is 0. The van der Waals surface area contributed by atoms with Gasteiger partial charge in [-0.25, -0.2) is 0 Å². The Bertz CT molecular complexity index is 269. The normalized spacial score (nSPS) is 19.5. The van der Waals surface area contributed by atoms with Crippen molar-refractivity contribution >= 4 is 0 Å². The minimum atomic E-state index is 0.845. The van der Waals surface area contributed by atoms with Crippen molar-refractivity contribution in [2.75, 3.05) is 0 Å². The molecule has 0 spiro atoms. The summed E-state index contributed by atoms with van der Waals surface area (Å²) in [5.74, 6) is 5.16. The summed E-state index contributed by atoms with van der Waals surface area (Å²) in [5, 5.41) is 0. The van der Waals surface area contributed by atoms with Crippen LogP contribution in [0.25, 0.3) is 0 Å². The molecule has 0 amide bonds. The van der Waals surface area contributed by atoms with Gasteiger partial charge in [0.1, 0.15) is 0 Å². The van der Waals surface area contributed by atoms with E-state index in [1.165, 1.54) is 64.2 Å². The van der Waals surface area contributed by atoms with E-state index in [1.54, 1.807) is 0 Å². The molecule has 0 fully saturated rings. The number of unbranched alkanes of at least 4 members (excludes halogenated alkanes) is 6. The van der Waals surface area contributed by atoms with Crippen molar-refractivity contribution in [1.82, 2.24) is 0 Å². The molecule has 0 aromatic carbocycles. The zero-order valence-electron chi connectivity index (χ0n) is 18.5. The van der Waals surface area contributed by atoms with Crippen molar-refractivity contribution in [3.63, 3.8) is 0 Å². The van der Waals surface area contributed by atoms with E-state index in [9.17, 15) is 0 Å². The van der Waals surface area contributed by atoms with Crippen molar-refractivity contribution in [2.24, 2.45) is 35.5 Å². The summed E-state index contributed by atoms with van der Waals surface area (Å²) in [6.07, 6.45) is 14.2. The molecule has 24 heavy (non-hydrogen) atoms. The highest BCUT2D eigenvalue weighted by atomic mass is 14.3. The van der Waals surface area contributed by atoms with Gasteiger partial charge in [0.05, 0.1) is 0 Å². The zero-order chi connectivity index (χ0) is 18.5. The van der Waals surface area contributed by atoms with Gasteiger partial charge in [0.25, 0.3) is 0 Å². The number of rotatable bonds is 15. The molecule has 0 rings (SSSR count). The highest BCUT2D eigenvalue weighted by molar-refractivity contribution is 4.78. The van der Waals surface area contributed by atoms with Crippen LogP contribution in [-0.2, 0) is 0 Å². The molecule has 0 N–H and O–H groups in total. The fourth-order valence-electron chi connectivity index (χ4n) is 4.40. The van der Waals surface area contributed by atoms with Gasteiger partial charge in [-0.2, -0.15) is 0 Å². The van der Waals surface area contributed by atoms with Crippen LogP contribution in [0.4, 0.5) is 0 Å². The quantitative estimate of drug-likeness (QED) is 0.262. The Morgan fingerprint density at radius 1 is 0.417 bits per heavy atom. The SMILES string of the molecule is CCCCCCCCCC(C)C(C)C(C)C(C)C(C)C(C)CCC. The van der Waals surface area contributed by atoms with Gasteiger partial charge in [0.15, 0.2) is 0 Å². The van der Waals surface area contributed by atoms with Crippen molar-refractivity contribution in [3.8, 4) is 0 Å². The van der Waals surface area contributed by atoms with Crippen LogP contribution in [0.5, 0.6) is 0 Å². The summed E-state index contributed by atoms with van der Waals surface area (Å²) in [4.78, 5) is 0. The Morgan fingerprint density at radius 3 is 1.29 bits per heavy atom. The molecule has 0 radical (unpaired) electrons. The van der Waals surface area contributed by atoms with Gasteiger partial charge < -0.3 is 0 Å². The summed E-state index contributed by atoms with van der Waals surface area (Å²) in [7, 11) is 0. The standard InChI is InChI=1S/C24H50/c1-9-11-12-13-14-15-16-18-20(4)22(6)24(8)23(7)21(5)19(3)17-10-2/h19-24H,9-18H2,1-8H3. The van der Waals surface area contributed by atoms with Crippen LogP contribution in [-0.4, -0.2) is 0 Å². The maximum Gasteiger partial charge on any atom is -0.0386 e. The lowest BCUT2D eigenvalue weighted by atomic mass is 9.69. The molecule has 0 saturated heterocycles. The molecule has 0 heterocycles. The summed E-state index contributed by atoms with van der Waals surface area (Å²) < 4.78 is 0. The van der Waals surface area contributed by atoms with Crippen LogP contribution in [0.15, 0.2) is 0 Å². The van der Waals surface area contributed by atoms with Crippen molar-refractivity contribution in [2.45, 2.75) is 120 Å². The first-order chi connectivity index (χ1) is 11.4. The maximum absolute atomic E-state index is 2.52. The lowest BCUT2D eigenvalue weighted by molar-refractivity contribution is 0.131. The number of hydrogen-bond donors (Lipinski definition) is 0. The molecule has 0 aromatic rings. The lowest BCUT2D eigenvalue weighted by Crippen LogP contribution is -2.29. The average Bonchev–Trinajstić information content (AvgIpc) is 2.58. The molecule has 0 nitrogen and oxygen atoms in total. The monoisotopic (exact) mass is 338 g/mol. The molecule has 0 aliphatic carbocycles. The van der Waals surface area contributed by atoms with Gasteiger partial charge in [0, 0.05) is 0 Å². The second-order valence-corrected chi connectivity index (χ2v) is 9.09. The molecule has 6 atom stereocenters. The van der Waals surface area contributed by atoms with Gasteiger partial charge in [-0.1, -0.05) is 120 Å². The first-order valence-corrected chi connectivity index (χ1v) is 11.4. The average molecular weight is 339 g/mol. The van der Waals surface area contributed by atoms with E-state index in [4.69, 9.17) is 0 Å². The van der Waals surface area contributed by atoms with Crippen LogP contribution in [0.2, 0.25) is 0 Å². The molecule has 0 bridgehead atoms. The van der Waals surface area contributed by atoms with Crippen LogP contribution >= 0.6 is 0 Å². The Balaban J connectivity index is 4.09. The third kappa shape index (κ3) is 9.47. The fourth-order valence-corrected chi connectivity index (χ4v) is 4.40. The zero-order valence-corrected chi connectivity index (χ0v) is 18.5. The van der Waals surface area contributed by atoms with Gasteiger partial charge >= 0.3 is 0 Å².